The largest absolute Gasteiger partial charge is 0.303 e. The van der Waals surface area contributed by atoms with E-state index in [2.05, 4.69) is 17.0 Å². The van der Waals surface area contributed by atoms with Gasteiger partial charge in [0.1, 0.15) is 12.6 Å². The van der Waals surface area contributed by atoms with Crippen molar-refractivity contribution in [2.45, 2.75) is 20.4 Å². The van der Waals surface area contributed by atoms with Gasteiger partial charge >= 0.3 is 0 Å². The number of benzene rings is 1. The molecule has 3 nitrogen and oxygen atoms in total. The van der Waals surface area contributed by atoms with E-state index in [1.165, 1.54) is 5.56 Å². The zero-order valence-electron chi connectivity index (χ0n) is 11.1. The van der Waals surface area contributed by atoms with Crippen LogP contribution >= 0.6 is 0 Å². The number of aldehydes is 2. The van der Waals surface area contributed by atoms with Crippen LogP contribution in [0.5, 0.6) is 0 Å². The highest BCUT2D eigenvalue weighted by atomic mass is 16.1. The highest BCUT2D eigenvalue weighted by molar-refractivity contribution is 5.66. The van der Waals surface area contributed by atoms with Gasteiger partial charge in [0, 0.05) is 31.5 Å². The fourth-order valence-electron chi connectivity index (χ4n) is 2.20. The summed E-state index contributed by atoms with van der Waals surface area (Å²) in [6, 6.07) is 10.1. The summed E-state index contributed by atoms with van der Waals surface area (Å²) in [6.45, 7) is 6.21. The predicted octanol–water partition coefficient (Wildman–Crippen LogP) is 2.16. The summed E-state index contributed by atoms with van der Waals surface area (Å²) in [5.74, 6) is -0.248. The van der Waals surface area contributed by atoms with Crippen molar-refractivity contribution < 1.29 is 9.59 Å². The monoisotopic (exact) mass is 247 g/mol. The van der Waals surface area contributed by atoms with Crippen LogP contribution in [0.3, 0.4) is 0 Å². The zero-order valence-corrected chi connectivity index (χ0v) is 11.1. The molecular formula is C15H21NO2. The van der Waals surface area contributed by atoms with Gasteiger partial charge in [-0.25, -0.2) is 0 Å². The van der Waals surface area contributed by atoms with E-state index in [0.717, 1.165) is 19.1 Å². The van der Waals surface area contributed by atoms with Gasteiger partial charge in [-0.1, -0.05) is 44.2 Å². The fourth-order valence-corrected chi connectivity index (χ4v) is 2.20. The lowest BCUT2D eigenvalue weighted by atomic mass is 10.00. The standard InChI is InChI=1S/C13H15NO2.C2H6/c15-9-12-7-14(8-13(12)10-16)6-11-4-2-1-3-5-11;1-2/h1-5,9-10,12-13H,6-8H2;1-2H3/t12-,13?;/m1./s1. The molecule has 1 fully saturated rings. The van der Waals surface area contributed by atoms with Crippen molar-refractivity contribution in [1.82, 2.24) is 4.90 Å². The van der Waals surface area contributed by atoms with E-state index in [-0.39, 0.29) is 11.8 Å². The first-order valence-electron chi connectivity index (χ1n) is 6.50. The number of carbonyl (C=O) groups is 2. The third-order valence-electron chi connectivity index (χ3n) is 3.09. The molecule has 1 aromatic carbocycles. The molecule has 0 spiro atoms. The molecule has 0 radical (unpaired) electrons. The van der Waals surface area contributed by atoms with Gasteiger partial charge < -0.3 is 9.59 Å². The molecule has 1 aliphatic heterocycles. The van der Waals surface area contributed by atoms with Crippen molar-refractivity contribution in [3.8, 4) is 0 Å². The minimum absolute atomic E-state index is 0.124. The molecule has 0 saturated carbocycles. The van der Waals surface area contributed by atoms with Crippen molar-refractivity contribution in [3.63, 3.8) is 0 Å². The molecule has 0 aromatic heterocycles. The van der Waals surface area contributed by atoms with Crippen LogP contribution in [-0.2, 0) is 16.1 Å². The Morgan fingerprint density at radius 1 is 1.06 bits per heavy atom. The van der Waals surface area contributed by atoms with Gasteiger partial charge in [0.2, 0.25) is 0 Å². The minimum atomic E-state index is -0.124. The molecular weight excluding hydrogens is 226 g/mol. The van der Waals surface area contributed by atoms with Gasteiger partial charge in [0.25, 0.3) is 0 Å². The second-order valence-corrected chi connectivity index (χ2v) is 4.28. The smallest absolute Gasteiger partial charge is 0.125 e. The van der Waals surface area contributed by atoms with Crippen molar-refractivity contribution >= 4 is 12.6 Å². The normalized spacial score (nSPS) is 23.0. The van der Waals surface area contributed by atoms with Gasteiger partial charge in [0.05, 0.1) is 0 Å². The summed E-state index contributed by atoms with van der Waals surface area (Å²) in [5, 5.41) is 0. The lowest BCUT2D eigenvalue weighted by Crippen LogP contribution is -2.20. The Balaban J connectivity index is 0.000000771. The Morgan fingerprint density at radius 2 is 1.56 bits per heavy atom. The van der Waals surface area contributed by atoms with E-state index < -0.39 is 0 Å². The van der Waals surface area contributed by atoms with Crippen LogP contribution < -0.4 is 0 Å². The van der Waals surface area contributed by atoms with Crippen molar-refractivity contribution in [2.75, 3.05) is 13.1 Å². The summed E-state index contributed by atoms with van der Waals surface area (Å²) >= 11 is 0. The summed E-state index contributed by atoms with van der Waals surface area (Å²) in [5.41, 5.74) is 1.22. The zero-order chi connectivity index (χ0) is 13.4. The number of hydrogen-bond acceptors (Lipinski definition) is 3. The lowest BCUT2D eigenvalue weighted by molar-refractivity contribution is -0.117. The Labute approximate surface area is 109 Å². The van der Waals surface area contributed by atoms with Crippen LogP contribution in [-0.4, -0.2) is 30.6 Å². The second kappa shape index (κ2) is 7.77. The third kappa shape index (κ3) is 3.77. The molecule has 1 aliphatic rings. The topological polar surface area (TPSA) is 37.4 Å². The maximum Gasteiger partial charge on any atom is 0.125 e. The lowest BCUT2D eigenvalue weighted by Gasteiger charge is -2.14. The van der Waals surface area contributed by atoms with Crippen LogP contribution in [0.1, 0.15) is 19.4 Å². The fraction of sp³-hybridized carbons (Fsp3) is 0.467. The summed E-state index contributed by atoms with van der Waals surface area (Å²) < 4.78 is 0. The molecule has 0 N–H and O–H groups in total. The van der Waals surface area contributed by atoms with Crippen LogP contribution in [0.2, 0.25) is 0 Å². The SMILES string of the molecule is CC.O=CC1CN(Cc2ccccc2)C[C@@H]1C=O. The van der Waals surface area contributed by atoms with E-state index in [0.29, 0.717) is 13.1 Å². The summed E-state index contributed by atoms with van der Waals surface area (Å²) in [7, 11) is 0. The first-order valence-corrected chi connectivity index (χ1v) is 6.50. The number of carbonyl (C=O) groups excluding carboxylic acids is 2. The molecule has 0 aliphatic carbocycles. The number of nitrogens with zero attached hydrogens (tertiary/aromatic N) is 1. The molecule has 2 rings (SSSR count). The minimum Gasteiger partial charge on any atom is -0.303 e. The highest BCUT2D eigenvalue weighted by Crippen LogP contribution is 2.21. The summed E-state index contributed by atoms with van der Waals surface area (Å²) in [4.78, 5) is 23.7. The predicted molar refractivity (Wildman–Crippen MR) is 72.2 cm³/mol. The molecule has 98 valence electrons. The first kappa shape index (κ1) is 14.6. The van der Waals surface area contributed by atoms with Crippen molar-refractivity contribution in [2.24, 2.45) is 11.8 Å². The Morgan fingerprint density at radius 3 is 2.00 bits per heavy atom. The van der Waals surface area contributed by atoms with E-state index in [9.17, 15) is 9.59 Å². The molecule has 3 heteroatoms. The van der Waals surface area contributed by atoms with Gasteiger partial charge in [-0.2, -0.15) is 0 Å². The number of rotatable bonds is 4. The van der Waals surface area contributed by atoms with Crippen LogP contribution in [0, 0.1) is 11.8 Å². The first-order chi connectivity index (χ1) is 8.83. The maximum atomic E-state index is 10.8. The second-order valence-electron chi connectivity index (χ2n) is 4.28. The third-order valence-corrected chi connectivity index (χ3v) is 3.09. The molecule has 1 aromatic rings. The van der Waals surface area contributed by atoms with Crippen LogP contribution in [0.25, 0.3) is 0 Å². The highest BCUT2D eigenvalue weighted by Gasteiger charge is 2.31. The summed E-state index contributed by atoms with van der Waals surface area (Å²) in [6.07, 6.45) is 1.81. The molecule has 0 bridgehead atoms. The quantitative estimate of drug-likeness (QED) is 0.765. The van der Waals surface area contributed by atoms with E-state index in [1.54, 1.807) is 0 Å². The average molecular weight is 247 g/mol. The number of hydrogen-bond donors (Lipinski definition) is 0. The molecule has 1 saturated heterocycles. The Bertz CT molecular complexity index is 348. The average Bonchev–Trinajstić information content (AvgIpc) is 2.84. The molecule has 1 unspecified atom stereocenters. The Kier molecular flexibility index (Phi) is 6.29. The van der Waals surface area contributed by atoms with Gasteiger partial charge in [-0.15, -0.1) is 0 Å². The van der Waals surface area contributed by atoms with Crippen LogP contribution in [0.15, 0.2) is 30.3 Å². The van der Waals surface area contributed by atoms with Gasteiger partial charge in [0.15, 0.2) is 0 Å². The van der Waals surface area contributed by atoms with Gasteiger partial charge in [-0.3, -0.25) is 4.90 Å². The van der Waals surface area contributed by atoms with E-state index in [1.807, 2.05) is 32.0 Å². The molecule has 2 atom stereocenters. The van der Waals surface area contributed by atoms with Crippen LogP contribution in [0.4, 0.5) is 0 Å². The molecule has 1 heterocycles. The molecule has 18 heavy (non-hydrogen) atoms. The van der Waals surface area contributed by atoms with E-state index >= 15 is 0 Å². The maximum absolute atomic E-state index is 10.8. The Hall–Kier alpha value is -1.48. The van der Waals surface area contributed by atoms with Gasteiger partial charge in [-0.05, 0) is 5.56 Å². The number of likely N-dealkylation sites (tertiary alicyclic amines) is 1. The van der Waals surface area contributed by atoms with E-state index in [4.69, 9.17) is 0 Å². The van der Waals surface area contributed by atoms with Crippen molar-refractivity contribution in [1.29, 1.82) is 0 Å². The van der Waals surface area contributed by atoms with Crippen molar-refractivity contribution in [3.05, 3.63) is 35.9 Å². The molecule has 0 amide bonds.